The number of amides is 2. The zero-order valence-corrected chi connectivity index (χ0v) is 15.8. The van der Waals surface area contributed by atoms with Gasteiger partial charge >= 0.3 is 0 Å². The molecule has 1 fully saturated rings. The van der Waals surface area contributed by atoms with E-state index in [-0.39, 0.29) is 11.8 Å². The molecular weight excluding hydrogens is 364 g/mol. The Morgan fingerprint density at radius 2 is 1.31 bits per heavy atom. The highest BCUT2D eigenvalue weighted by Crippen LogP contribution is 2.22. The molecule has 1 saturated heterocycles. The van der Waals surface area contributed by atoms with Crippen molar-refractivity contribution in [2.75, 3.05) is 26.2 Å². The number of fused-ring (bicyclic) bond motifs is 2. The van der Waals surface area contributed by atoms with Gasteiger partial charge in [0, 0.05) is 37.1 Å². The number of carbonyl (C=O) groups excluding carboxylic acids is 2. The number of carbonyl (C=O) groups is 2. The summed E-state index contributed by atoms with van der Waals surface area (Å²) in [6.45, 7) is 2.07. The van der Waals surface area contributed by atoms with Crippen molar-refractivity contribution in [1.82, 2.24) is 20.0 Å². The monoisotopic (exact) mass is 384 g/mol. The number of nitrogens with one attached hydrogen (secondary N) is 1. The second-order valence-corrected chi connectivity index (χ2v) is 7.25. The second kappa shape index (κ2) is 7.05. The predicted octanol–water partition coefficient (Wildman–Crippen LogP) is 3.31. The van der Waals surface area contributed by atoms with Gasteiger partial charge in [-0.2, -0.15) is 5.10 Å². The number of rotatable bonds is 2. The van der Waals surface area contributed by atoms with Gasteiger partial charge in [0.25, 0.3) is 11.8 Å². The third kappa shape index (κ3) is 3.02. The van der Waals surface area contributed by atoms with Crippen LogP contribution in [0.25, 0.3) is 21.7 Å². The van der Waals surface area contributed by atoms with E-state index in [2.05, 4.69) is 10.2 Å². The van der Waals surface area contributed by atoms with E-state index in [1.807, 2.05) is 70.5 Å². The van der Waals surface area contributed by atoms with Gasteiger partial charge in [-0.15, -0.1) is 0 Å². The van der Waals surface area contributed by atoms with Gasteiger partial charge in [-0.1, -0.05) is 48.5 Å². The number of nitrogens with zero attached hydrogens (tertiary/aromatic N) is 3. The van der Waals surface area contributed by atoms with Crippen LogP contribution in [0.3, 0.4) is 0 Å². The lowest BCUT2D eigenvalue weighted by Crippen LogP contribution is -2.50. The molecule has 5 rings (SSSR count). The average molecular weight is 384 g/mol. The largest absolute Gasteiger partial charge is 0.335 e. The van der Waals surface area contributed by atoms with Crippen LogP contribution in [0.1, 0.15) is 20.7 Å². The minimum atomic E-state index is -0.0305. The molecule has 144 valence electrons. The highest BCUT2D eigenvalue weighted by molar-refractivity contribution is 6.07. The fraction of sp³-hybridized carbons (Fsp3) is 0.174. The van der Waals surface area contributed by atoms with E-state index in [1.165, 1.54) is 0 Å². The van der Waals surface area contributed by atoms with Crippen molar-refractivity contribution in [3.05, 3.63) is 78.0 Å². The van der Waals surface area contributed by atoms with Crippen LogP contribution < -0.4 is 0 Å². The minimum Gasteiger partial charge on any atom is -0.335 e. The molecule has 1 aliphatic heterocycles. The summed E-state index contributed by atoms with van der Waals surface area (Å²) in [6, 6.07) is 19.3. The van der Waals surface area contributed by atoms with Crippen LogP contribution in [0.4, 0.5) is 0 Å². The van der Waals surface area contributed by atoms with Crippen molar-refractivity contribution < 1.29 is 9.59 Å². The summed E-state index contributed by atoms with van der Waals surface area (Å²) in [5.41, 5.74) is 2.09. The molecule has 3 aromatic carbocycles. The number of hydrogen-bond acceptors (Lipinski definition) is 3. The van der Waals surface area contributed by atoms with Crippen LogP contribution in [0.5, 0.6) is 0 Å². The zero-order valence-electron chi connectivity index (χ0n) is 15.8. The molecule has 1 N–H and O–H groups in total. The molecule has 0 atom stereocenters. The Hall–Kier alpha value is -3.67. The number of aromatic nitrogens is 2. The van der Waals surface area contributed by atoms with Crippen LogP contribution in [0.2, 0.25) is 0 Å². The van der Waals surface area contributed by atoms with Gasteiger partial charge in [-0.25, -0.2) is 0 Å². The maximum Gasteiger partial charge on any atom is 0.256 e. The van der Waals surface area contributed by atoms with Crippen molar-refractivity contribution in [3.63, 3.8) is 0 Å². The molecule has 0 radical (unpaired) electrons. The predicted molar refractivity (Wildman–Crippen MR) is 112 cm³/mol. The number of piperazine rings is 1. The second-order valence-electron chi connectivity index (χ2n) is 7.25. The first-order chi connectivity index (χ1) is 14.2. The van der Waals surface area contributed by atoms with Crippen LogP contribution in [0, 0.1) is 0 Å². The number of hydrogen-bond donors (Lipinski definition) is 1. The molecule has 6 nitrogen and oxygen atoms in total. The summed E-state index contributed by atoms with van der Waals surface area (Å²) < 4.78 is 0. The Morgan fingerprint density at radius 1 is 0.724 bits per heavy atom. The lowest BCUT2D eigenvalue weighted by atomic mass is 10.0. The van der Waals surface area contributed by atoms with Gasteiger partial charge in [-0.05, 0) is 22.9 Å². The quantitative estimate of drug-likeness (QED) is 0.576. The number of benzene rings is 3. The minimum absolute atomic E-state index is 0.0181. The van der Waals surface area contributed by atoms with Crippen molar-refractivity contribution in [1.29, 1.82) is 0 Å². The van der Waals surface area contributed by atoms with Gasteiger partial charge in [0.15, 0.2) is 0 Å². The Bertz CT molecular complexity index is 1220. The van der Waals surface area contributed by atoms with Crippen molar-refractivity contribution in [2.24, 2.45) is 0 Å². The fourth-order valence-corrected chi connectivity index (χ4v) is 4.01. The third-order valence-corrected chi connectivity index (χ3v) is 5.58. The Balaban J connectivity index is 1.33. The molecule has 2 heterocycles. The van der Waals surface area contributed by atoms with Crippen molar-refractivity contribution in [3.8, 4) is 0 Å². The molecule has 2 amide bonds. The van der Waals surface area contributed by atoms with E-state index in [9.17, 15) is 9.59 Å². The van der Waals surface area contributed by atoms with Crippen LogP contribution >= 0.6 is 0 Å². The van der Waals surface area contributed by atoms with E-state index in [0.29, 0.717) is 37.3 Å². The molecule has 0 bridgehead atoms. The van der Waals surface area contributed by atoms with Gasteiger partial charge in [0.1, 0.15) is 0 Å². The molecule has 6 heteroatoms. The van der Waals surface area contributed by atoms with Crippen LogP contribution in [-0.4, -0.2) is 58.0 Å². The smallest absolute Gasteiger partial charge is 0.256 e. The normalized spacial score (nSPS) is 14.5. The van der Waals surface area contributed by atoms with E-state index < -0.39 is 0 Å². The molecule has 1 aliphatic rings. The van der Waals surface area contributed by atoms with Crippen molar-refractivity contribution in [2.45, 2.75) is 0 Å². The van der Waals surface area contributed by atoms with Crippen LogP contribution in [0.15, 0.2) is 66.9 Å². The summed E-state index contributed by atoms with van der Waals surface area (Å²) in [4.78, 5) is 29.8. The standard InChI is InChI=1S/C23H20N4O2/c28-22(19-9-3-6-16-5-1-2-8-18(16)19)26-11-13-27(14-12-26)23(29)20-10-4-7-17-15-24-25-21(17)20/h1-10,15H,11-14H2,(H,24,25). The SMILES string of the molecule is O=C(c1cccc2ccccc12)N1CCN(C(=O)c2cccc3cn[nH]c23)CC1. The molecule has 29 heavy (non-hydrogen) atoms. The van der Waals surface area contributed by atoms with Gasteiger partial charge in [0.2, 0.25) is 0 Å². The number of H-pyrrole nitrogens is 1. The molecule has 0 aliphatic carbocycles. The zero-order chi connectivity index (χ0) is 19.8. The molecule has 0 saturated carbocycles. The van der Waals surface area contributed by atoms with E-state index in [4.69, 9.17) is 0 Å². The molecular formula is C23H20N4O2. The Morgan fingerprint density at radius 3 is 2.07 bits per heavy atom. The first kappa shape index (κ1) is 17.4. The highest BCUT2D eigenvalue weighted by Gasteiger charge is 2.27. The maximum atomic E-state index is 13.1. The summed E-state index contributed by atoms with van der Waals surface area (Å²) in [5, 5.41) is 9.88. The Kier molecular flexibility index (Phi) is 4.24. The molecule has 1 aromatic heterocycles. The first-order valence-corrected chi connectivity index (χ1v) is 9.71. The van der Waals surface area contributed by atoms with Gasteiger partial charge < -0.3 is 9.80 Å². The lowest BCUT2D eigenvalue weighted by molar-refractivity contribution is 0.0537. The van der Waals surface area contributed by atoms with E-state index >= 15 is 0 Å². The number of aromatic amines is 1. The van der Waals surface area contributed by atoms with E-state index in [0.717, 1.165) is 21.7 Å². The lowest BCUT2D eigenvalue weighted by Gasteiger charge is -2.35. The highest BCUT2D eigenvalue weighted by atomic mass is 16.2. The first-order valence-electron chi connectivity index (χ1n) is 9.71. The topological polar surface area (TPSA) is 69.3 Å². The van der Waals surface area contributed by atoms with Crippen LogP contribution in [-0.2, 0) is 0 Å². The number of para-hydroxylation sites is 1. The van der Waals surface area contributed by atoms with Gasteiger partial charge in [0.05, 0.1) is 17.3 Å². The van der Waals surface area contributed by atoms with Crippen molar-refractivity contribution >= 4 is 33.5 Å². The molecule has 4 aromatic rings. The summed E-state index contributed by atoms with van der Waals surface area (Å²) in [7, 11) is 0. The average Bonchev–Trinajstić information content (AvgIpc) is 3.27. The fourth-order valence-electron chi connectivity index (χ4n) is 4.01. The summed E-state index contributed by atoms with van der Waals surface area (Å²) in [6.07, 6.45) is 1.72. The third-order valence-electron chi connectivity index (χ3n) is 5.58. The summed E-state index contributed by atoms with van der Waals surface area (Å²) >= 11 is 0. The summed E-state index contributed by atoms with van der Waals surface area (Å²) in [5.74, 6) is -0.0123. The molecule has 0 spiro atoms. The van der Waals surface area contributed by atoms with E-state index in [1.54, 1.807) is 6.20 Å². The molecule has 0 unspecified atom stereocenters. The maximum absolute atomic E-state index is 13.1. The Labute approximate surface area is 167 Å². The van der Waals surface area contributed by atoms with Gasteiger partial charge in [-0.3, -0.25) is 14.7 Å².